The van der Waals surface area contributed by atoms with Crippen molar-refractivity contribution in [3.8, 4) is 0 Å². The van der Waals surface area contributed by atoms with Crippen LogP contribution in [0.25, 0.3) is 0 Å². The number of fused-ring (bicyclic) bond motifs is 10. The fraction of sp³-hybridized carbons (Fsp3) is 0.750. The van der Waals surface area contributed by atoms with Crippen LogP contribution in [-0.2, 0) is 14.3 Å². The van der Waals surface area contributed by atoms with Gasteiger partial charge in [0.1, 0.15) is 5.60 Å². The van der Waals surface area contributed by atoms with Gasteiger partial charge >= 0.3 is 5.97 Å². The van der Waals surface area contributed by atoms with Crippen molar-refractivity contribution in [2.24, 2.45) is 46.3 Å². The van der Waals surface area contributed by atoms with E-state index in [2.05, 4.69) is 19.1 Å². The standard InChI is InChI=1S/C24H28O3/c1-22-6-4-14-15-3-2-13(25)10-18(15)23(8-9-23)12-17(14)21(22)16-11-19(16)24(22)7-5-20(26)27-24/h5,7,10,14-17,19,21H,2-4,6,8-9,11-12H2,1H3/t14?,15-,16-,17?,19+,21?,22+,24+/m1/s1. The largest absolute Gasteiger partial charge is 0.451 e. The summed E-state index contributed by atoms with van der Waals surface area (Å²) in [6, 6.07) is 0. The Hall–Kier alpha value is -1.38. The van der Waals surface area contributed by atoms with E-state index < -0.39 is 0 Å². The van der Waals surface area contributed by atoms with Crippen molar-refractivity contribution >= 4 is 11.8 Å². The minimum atomic E-state index is -0.306. The molecule has 3 heteroatoms. The van der Waals surface area contributed by atoms with Crippen LogP contribution >= 0.6 is 0 Å². The van der Waals surface area contributed by atoms with Crippen molar-refractivity contribution in [1.82, 2.24) is 0 Å². The monoisotopic (exact) mass is 364 g/mol. The Morgan fingerprint density at radius 1 is 1.07 bits per heavy atom. The summed E-state index contributed by atoms with van der Waals surface area (Å²) in [5.74, 6) is 4.45. The van der Waals surface area contributed by atoms with Gasteiger partial charge < -0.3 is 4.74 Å². The molecule has 0 saturated heterocycles. The minimum Gasteiger partial charge on any atom is -0.451 e. The van der Waals surface area contributed by atoms with Crippen molar-refractivity contribution in [3.63, 3.8) is 0 Å². The zero-order valence-corrected chi connectivity index (χ0v) is 16.1. The number of carbonyl (C=O) groups excluding carboxylic acids is 2. The Bertz CT molecular complexity index is 848. The van der Waals surface area contributed by atoms with E-state index >= 15 is 0 Å². The van der Waals surface area contributed by atoms with Gasteiger partial charge in [-0.3, -0.25) is 4.79 Å². The van der Waals surface area contributed by atoms with Crippen LogP contribution in [-0.4, -0.2) is 17.4 Å². The van der Waals surface area contributed by atoms with Gasteiger partial charge in [-0.2, -0.15) is 0 Å². The average molecular weight is 364 g/mol. The van der Waals surface area contributed by atoms with Crippen LogP contribution in [0.5, 0.6) is 0 Å². The highest BCUT2D eigenvalue weighted by molar-refractivity contribution is 5.91. The summed E-state index contributed by atoms with van der Waals surface area (Å²) in [4.78, 5) is 24.2. The zero-order chi connectivity index (χ0) is 18.2. The number of rotatable bonds is 0. The van der Waals surface area contributed by atoms with E-state index in [1.54, 1.807) is 11.6 Å². The van der Waals surface area contributed by atoms with Crippen LogP contribution in [0.3, 0.4) is 0 Å². The van der Waals surface area contributed by atoms with Crippen molar-refractivity contribution in [2.75, 3.05) is 0 Å². The number of hydrogen-bond acceptors (Lipinski definition) is 3. The predicted octanol–water partition coefficient (Wildman–Crippen LogP) is 4.23. The van der Waals surface area contributed by atoms with Gasteiger partial charge in [0.25, 0.3) is 0 Å². The molecule has 0 aromatic rings. The van der Waals surface area contributed by atoms with E-state index in [0.29, 0.717) is 29.0 Å². The van der Waals surface area contributed by atoms with E-state index in [1.165, 1.54) is 38.5 Å². The first kappa shape index (κ1) is 15.5. The fourth-order valence-electron chi connectivity index (χ4n) is 9.08. The number of allylic oxidation sites excluding steroid dienone is 1. The molecule has 1 aliphatic heterocycles. The quantitative estimate of drug-likeness (QED) is 0.604. The molecule has 7 aliphatic rings. The molecule has 27 heavy (non-hydrogen) atoms. The SMILES string of the molecule is C[C@]12CCC3C(CC4(CC4)C4=CC(=O)CC[C@@H]43)C1[C@@H]1C[C@@H]1[C@@]21C=CC(=O)O1. The Kier molecular flexibility index (Phi) is 2.55. The van der Waals surface area contributed by atoms with E-state index in [1.807, 2.05) is 0 Å². The van der Waals surface area contributed by atoms with Gasteiger partial charge in [0.05, 0.1) is 0 Å². The zero-order valence-electron chi connectivity index (χ0n) is 16.1. The third kappa shape index (κ3) is 1.64. The van der Waals surface area contributed by atoms with Crippen molar-refractivity contribution in [3.05, 3.63) is 23.8 Å². The molecule has 5 saturated carbocycles. The Labute approximate surface area is 160 Å². The van der Waals surface area contributed by atoms with E-state index in [9.17, 15) is 9.59 Å². The molecular formula is C24H28O3. The summed E-state index contributed by atoms with van der Waals surface area (Å²) in [6.45, 7) is 2.44. The van der Waals surface area contributed by atoms with Crippen LogP contribution in [0.1, 0.15) is 58.3 Å². The van der Waals surface area contributed by atoms with Gasteiger partial charge in [0.15, 0.2) is 5.78 Å². The number of hydrogen-bond donors (Lipinski definition) is 0. The lowest BCUT2D eigenvalue weighted by atomic mass is 9.47. The molecule has 6 aliphatic carbocycles. The molecule has 8 atom stereocenters. The first-order valence-corrected chi connectivity index (χ1v) is 11.1. The van der Waals surface area contributed by atoms with Crippen LogP contribution < -0.4 is 0 Å². The maximum Gasteiger partial charge on any atom is 0.331 e. The maximum atomic E-state index is 12.2. The lowest BCUT2D eigenvalue weighted by Gasteiger charge is -2.58. The third-order valence-electron chi connectivity index (χ3n) is 10.3. The van der Waals surface area contributed by atoms with Crippen molar-refractivity contribution < 1.29 is 14.3 Å². The highest BCUT2D eigenvalue weighted by Crippen LogP contribution is 2.79. The van der Waals surface area contributed by atoms with E-state index in [0.717, 1.165) is 30.6 Å². The molecule has 2 spiro atoms. The van der Waals surface area contributed by atoms with E-state index in [4.69, 9.17) is 4.74 Å². The lowest BCUT2D eigenvalue weighted by Crippen LogP contribution is -2.55. The smallest absolute Gasteiger partial charge is 0.331 e. The molecule has 3 nitrogen and oxygen atoms in total. The topological polar surface area (TPSA) is 43.4 Å². The maximum absolute atomic E-state index is 12.2. The molecule has 0 bridgehead atoms. The van der Waals surface area contributed by atoms with Gasteiger partial charge in [0, 0.05) is 23.8 Å². The molecule has 3 unspecified atom stereocenters. The van der Waals surface area contributed by atoms with Gasteiger partial charge in [-0.15, -0.1) is 0 Å². The molecule has 1 heterocycles. The molecular weight excluding hydrogens is 336 g/mol. The summed E-state index contributed by atoms with van der Waals surface area (Å²) < 4.78 is 6.10. The lowest BCUT2D eigenvalue weighted by molar-refractivity contribution is -0.168. The van der Waals surface area contributed by atoms with Gasteiger partial charge in [-0.05, 0) is 92.1 Å². The molecule has 7 rings (SSSR count). The first-order chi connectivity index (χ1) is 13.0. The molecule has 142 valence electrons. The first-order valence-electron chi connectivity index (χ1n) is 11.1. The molecule has 0 N–H and O–H groups in total. The minimum absolute atomic E-state index is 0.117. The van der Waals surface area contributed by atoms with Gasteiger partial charge in [-0.25, -0.2) is 4.79 Å². The predicted molar refractivity (Wildman–Crippen MR) is 99.5 cm³/mol. The Morgan fingerprint density at radius 3 is 2.67 bits per heavy atom. The van der Waals surface area contributed by atoms with Gasteiger partial charge in [0.2, 0.25) is 0 Å². The molecule has 0 amide bonds. The summed E-state index contributed by atoms with van der Waals surface area (Å²) in [5.41, 5.74) is 1.73. The third-order valence-corrected chi connectivity index (χ3v) is 10.3. The fourth-order valence-corrected chi connectivity index (χ4v) is 9.08. The number of ketones is 1. The van der Waals surface area contributed by atoms with Crippen LogP contribution in [0.15, 0.2) is 23.8 Å². The second-order valence-corrected chi connectivity index (χ2v) is 11.1. The second kappa shape index (κ2) is 4.44. The molecule has 0 radical (unpaired) electrons. The highest BCUT2D eigenvalue weighted by atomic mass is 16.6. The van der Waals surface area contributed by atoms with Crippen LogP contribution in [0.4, 0.5) is 0 Å². The Morgan fingerprint density at radius 2 is 1.93 bits per heavy atom. The molecule has 5 fully saturated rings. The van der Waals surface area contributed by atoms with Crippen LogP contribution in [0, 0.1) is 46.3 Å². The van der Waals surface area contributed by atoms with Crippen LogP contribution in [0.2, 0.25) is 0 Å². The highest BCUT2D eigenvalue weighted by Gasteiger charge is 2.78. The second-order valence-electron chi connectivity index (χ2n) is 11.1. The average Bonchev–Trinajstić information content (AvgIpc) is 3.54. The molecule has 0 aromatic carbocycles. The summed E-state index contributed by atoms with van der Waals surface area (Å²) in [7, 11) is 0. The van der Waals surface area contributed by atoms with Crippen molar-refractivity contribution in [1.29, 1.82) is 0 Å². The number of ether oxygens (including phenoxy) is 1. The van der Waals surface area contributed by atoms with E-state index in [-0.39, 0.29) is 17.0 Å². The summed E-state index contributed by atoms with van der Waals surface area (Å²) in [6.07, 6.45) is 15.3. The summed E-state index contributed by atoms with van der Waals surface area (Å²) >= 11 is 0. The Balaban J connectivity index is 1.32. The van der Waals surface area contributed by atoms with Crippen molar-refractivity contribution in [2.45, 2.75) is 63.9 Å². The molecule has 0 aromatic heterocycles. The number of esters is 1. The van der Waals surface area contributed by atoms with Gasteiger partial charge in [-0.1, -0.05) is 12.5 Å². The normalized spacial score (nSPS) is 55.5. The number of carbonyl (C=O) groups is 2. The summed E-state index contributed by atoms with van der Waals surface area (Å²) in [5, 5.41) is 0.